The first-order chi connectivity index (χ1) is 8.49. The third-order valence-corrected chi connectivity index (χ3v) is 2.51. The Bertz CT molecular complexity index is 632. The number of aromatic nitrogens is 3. The van der Waals surface area contributed by atoms with Crippen LogP contribution in [0.25, 0.3) is 5.65 Å². The molecule has 0 fully saturated rings. The van der Waals surface area contributed by atoms with Crippen LogP contribution >= 0.6 is 0 Å². The molecule has 7 nitrogen and oxygen atoms in total. The second-order valence-electron chi connectivity index (χ2n) is 3.96. The van der Waals surface area contributed by atoms with Gasteiger partial charge in [0.05, 0.1) is 23.5 Å². The highest BCUT2D eigenvalue weighted by Gasteiger charge is 2.13. The molecule has 18 heavy (non-hydrogen) atoms. The molecule has 0 aliphatic rings. The number of nitrogens with two attached hydrogens (primary N) is 1. The molecule has 7 heteroatoms. The molecular formula is C11H13N5O2. The molecule has 0 radical (unpaired) electrons. The number of amides is 2. The van der Waals surface area contributed by atoms with Crippen LogP contribution in [0.15, 0.2) is 12.3 Å². The highest BCUT2D eigenvalue weighted by Crippen LogP contribution is 2.10. The Hall–Kier alpha value is -2.44. The number of hydrogen-bond donors (Lipinski definition) is 2. The van der Waals surface area contributed by atoms with E-state index in [1.807, 2.05) is 13.0 Å². The minimum Gasteiger partial charge on any atom is -0.368 e. The molecule has 2 amide bonds. The molecule has 2 aromatic heterocycles. The number of primary amides is 1. The molecule has 2 heterocycles. The Balaban J connectivity index is 2.36. The van der Waals surface area contributed by atoms with Crippen molar-refractivity contribution in [1.82, 2.24) is 19.9 Å². The molecule has 3 N–H and O–H groups in total. The van der Waals surface area contributed by atoms with E-state index in [0.29, 0.717) is 16.9 Å². The number of carbonyl (C=O) groups excluding carboxylic acids is 2. The summed E-state index contributed by atoms with van der Waals surface area (Å²) in [6.45, 7) is 3.41. The smallest absolute Gasteiger partial charge is 0.255 e. The van der Waals surface area contributed by atoms with Gasteiger partial charge in [-0.15, -0.1) is 0 Å². The summed E-state index contributed by atoms with van der Waals surface area (Å²) in [5.74, 6) is -0.987. The standard InChI is InChI=1S/C11H13N5O2/c1-6-3-10-13-4-8(7(2)16(10)15-6)11(18)14-5-9(12)17/h3-4H,5H2,1-2H3,(H2,12,17)(H,14,18). The van der Waals surface area contributed by atoms with E-state index in [9.17, 15) is 9.59 Å². The number of hydrogen-bond acceptors (Lipinski definition) is 4. The SMILES string of the molecule is Cc1cc2ncc(C(=O)NCC(N)=O)c(C)n2n1. The topological polar surface area (TPSA) is 102 Å². The van der Waals surface area contributed by atoms with E-state index in [1.54, 1.807) is 11.4 Å². The lowest BCUT2D eigenvalue weighted by Crippen LogP contribution is -2.34. The van der Waals surface area contributed by atoms with Crippen molar-refractivity contribution in [3.8, 4) is 0 Å². The zero-order chi connectivity index (χ0) is 13.3. The predicted molar refractivity (Wildman–Crippen MR) is 64.0 cm³/mol. The van der Waals surface area contributed by atoms with Gasteiger partial charge in [0.25, 0.3) is 5.91 Å². The number of aryl methyl sites for hydroxylation is 2. The molecule has 0 spiro atoms. The molecule has 0 unspecified atom stereocenters. The van der Waals surface area contributed by atoms with Gasteiger partial charge in [-0.25, -0.2) is 9.50 Å². The number of rotatable bonds is 3. The van der Waals surface area contributed by atoms with E-state index < -0.39 is 11.8 Å². The van der Waals surface area contributed by atoms with Gasteiger partial charge in [-0.3, -0.25) is 9.59 Å². The van der Waals surface area contributed by atoms with Crippen LogP contribution in [-0.4, -0.2) is 33.0 Å². The average molecular weight is 247 g/mol. The van der Waals surface area contributed by atoms with Crippen LogP contribution in [0.3, 0.4) is 0 Å². The van der Waals surface area contributed by atoms with E-state index in [-0.39, 0.29) is 6.54 Å². The first-order valence-electron chi connectivity index (χ1n) is 5.37. The minimum atomic E-state index is -0.593. The quantitative estimate of drug-likeness (QED) is 0.767. The molecular weight excluding hydrogens is 234 g/mol. The molecule has 2 rings (SSSR count). The van der Waals surface area contributed by atoms with Crippen molar-refractivity contribution in [3.05, 3.63) is 29.2 Å². The van der Waals surface area contributed by atoms with Gasteiger partial charge in [-0.05, 0) is 13.8 Å². The highest BCUT2D eigenvalue weighted by atomic mass is 16.2. The largest absolute Gasteiger partial charge is 0.368 e. The molecule has 2 aromatic rings. The van der Waals surface area contributed by atoms with E-state index in [2.05, 4.69) is 15.4 Å². The van der Waals surface area contributed by atoms with E-state index in [0.717, 1.165) is 5.69 Å². The van der Waals surface area contributed by atoms with Gasteiger partial charge in [0.1, 0.15) is 0 Å². The van der Waals surface area contributed by atoms with Crippen LogP contribution in [0.2, 0.25) is 0 Å². The van der Waals surface area contributed by atoms with Crippen LogP contribution in [0.5, 0.6) is 0 Å². The fourth-order valence-electron chi connectivity index (χ4n) is 1.65. The van der Waals surface area contributed by atoms with Crippen molar-refractivity contribution < 1.29 is 9.59 Å². The van der Waals surface area contributed by atoms with E-state index in [4.69, 9.17) is 5.73 Å². The summed E-state index contributed by atoms with van der Waals surface area (Å²) < 4.78 is 1.59. The monoisotopic (exact) mass is 247 g/mol. The van der Waals surface area contributed by atoms with Crippen molar-refractivity contribution in [2.24, 2.45) is 5.73 Å². The Morgan fingerprint density at radius 1 is 1.44 bits per heavy atom. The fourth-order valence-corrected chi connectivity index (χ4v) is 1.65. The van der Waals surface area contributed by atoms with Gasteiger partial charge < -0.3 is 11.1 Å². The van der Waals surface area contributed by atoms with Crippen molar-refractivity contribution in [2.45, 2.75) is 13.8 Å². The summed E-state index contributed by atoms with van der Waals surface area (Å²) in [7, 11) is 0. The van der Waals surface area contributed by atoms with Gasteiger partial charge in [0.2, 0.25) is 5.91 Å². The van der Waals surface area contributed by atoms with Gasteiger partial charge >= 0.3 is 0 Å². The molecule has 0 aliphatic carbocycles. The first-order valence-corrected chi connectivity index (χ1v) is 5.37. The zero-order valence-electron chi connectivity index (χ0n) is 10.1. The average Bonchev–Trinajstić information content (AvgIpc) is 2.68. The van der Waals surface area contributed by atoms with Crippen LogP contribution in [0.1, 0.15) is 21.7 Å². The van der Waals surface area contributed by atoms with Gasteiger partial charge in [-0.2, -0.15) is 5.10 Å². The van der Waals surface area contributed by atoms with Crippen molar-refractivity contribution >= 4 is 17.5 Å². The Labute approximate surface area is 103 Å². The minimum absolute atomic E-state index is 0.200. The molecule has 94 valence electrons. The summed E-state index contributed by atoms with van der Waals surface area (Å²) in [5.41, 5.74) is 7.49. The van der Waals surface area contributed by atoms with E-state index >= 15 is 0 Å². The van der Waals surface area contributed by atoms with Gasteiger partial charge in [-0.1, -0.05) is 0 Å². The lowest BCUT2D eigenvalue weighted by molar-refractivity contribution is -0.117. The molecule has 0 aliphatic heterocycles. The third-order valence-electron chi connectivity index (χ3n) is 2.51. The van der Waals surface area contributed by atoms with Crippen molar-refractivity contribution in [2.75, 3.05) is 6.54 Å². The maximum absolute atomic E-state index is 11.8. The lowest BCUT2D eigenvalue weighted by Gasteiger charge is -2.07. The maximum Gasteiger partial charge on any atom is 0.255 e. The number of nitrogens with one attached hydrogen (secondary N) is 1. The molecule has 0 aromatic carbocycles. The lowest BCUT2D eigenvalue weighted by atomic mass is 10.2. The molecule has 0 saturated carbocycles. The first kappa shape index (κ1) is 12.0. The summed E-state index contributed by atoms with van der Waals surface area (Å²) in [6.07, 6.45) is 1.46. The van der Waals surface area contributed by atoms with Gasteiger partial charge in [0, 0.05) is 12.3 Å². The molecule has 0 atom stereocenters. The van der Waals surface area contributed by atoms with Gasteiger partial charge in [0.15, 0.2) is 5.65 Å². The number of nitrogens with zero attached hydrogens (tertiary/aromatic N) is 3. The van der Waals surface area contributed by atoms with Crippen molar-refractivity contribution in [3.63, 3.8) is 0 Å². The number of fused-ring (bicyclic) bond motifs is 1. The second-order valence-corrected chi connectivity index (χ2v) is 3.96. The Morgan fingerprint density at radius 2 is 2.17 bits per heavy atom. The van der Waals surface area contributed by atoms with Crippen LogP contribution < -0.4 is 11.1 Å². The van der Waals surface area contributed by atoms with Crippen LogP contribution in [-0.2, 0) is 4.79 Å². The predicted octanol–water partition coefficient (Wildman–Crippen LogP) is -0.439. The number of carbonyl (C=O) groups is 2. The fraction of sp³-hybridized carbons (Fsp3) is 0.273. The highest BCUT2D eigenvalue weighted by molar-refractivity contribution is 5.97. The second kappa shape index (κ2) is 4.44. The maximum atomic E-state index is 11.8. The Morgan fingerprint density at radius 3 is 2.83 bits per heavy atom. The normalized spacial score (nSPS) is 10.6. The summed E-state index contributed by atoms with van der Waals surface area (Å²) in [5, 5.41) is 6.65. The van der Waals surface area contributed by atoms with Crippen LogP contribution in [0.4, 0.5) is 0 Å². The summed E-state index contributed by atoms with van der Waals surface area (Å²) >= 11 is 0. The van der Waals surface area contributed by atoms with Crippen LogP contribution in [0, 0.1) is 13.8 Å². The van der Waals surface area contributed by atoms with Crippen molar-refractivity contribution in [1.29, 1.82) is 0 Å². The third kappa shape index (κ3) is 2.15. The molecule has 0 saturated heterocycles. The zero-order valence-corrected chi connectivity index (χ0v) is 10.1. The molecule has 0 bridgehead atoms. The van der Waals surface area contributed by atoms with E-state index in [1.165, 1.54) is 6.20 Å². The Kier molecular flexibility index (Phi) is 2.97. The summed E-state index contributed by atoms with van der Waals surface area (Å²) in [6, 6.07) is 1.82. The summed E-state index contributed by atoms with van der Waals surface area (Å²) in [4.78, 5) is 26.6.